The molecule has 1 saturated heterocycles. The van der Waals surface area contributed by atoms with Crippen LogP contribution in [0.25, 0.3) is 0 Å². The lowest BCUT2D eigenvalue weighted by Crippen LogP contribution is -2.28. The maximum Gasteiger partial charge on any atom is 0.267 e. The minimum Gasteiger partial charge on any atom is -0.321 e. The van der Waals surface area contributed by atoms with E-state index in [4.69, 9.17) is 11.6 Å². The molecule has 1 aliphatic rings. The van der Waals surface area contributed by atoms with Crippen LogP contribution in [0.4, 0.5) is 5.69 Å². The predicted octanol–water partition coefficient (Wildman–Crippen LogP) is 4.34. The minimum absolute atomic E-state index is 0.118. The Balaban J connectivity index is 1.68. The second-order valence-corrected chi connectivity index (χ2v) is 7.34. The minimum atomic E-state index is -0.118. The van der Waals surface area contributed by atoms with Gasteiger partial charge in [-0.25, -0.2) is 4.98 Å². The smallest absolute Gasteiger partial charge is 0.267 e. The van der Waals surface area contributed by atoms with E-state index in [1.54, 1.807) is 12.1 Å². The van der Waals surface area contributed by atoms with Crippen molar-refractivity contribution in [2.24, 2.45) is 0 Å². The van der Waals surface area contributed by atoms with Crippen molar-refractivity contribution >= 4 is 34.5 Å². The third kappa shape index (κ3) is 4.31. The summed E-state index contributed by atoms with van der Waals surface area (Å²) in [6, 6.07) is 7.17. The summed E-state index contributed by atoms with van der Waals surface area (Å²) in [5.74, 6) is -0.118. The Kier molecular flexibility index (Phi) is 5.30. The van der Waals surface area contributed by atoms with Gasteiger partial charge in [0, 0.05) is 10.7 Å². The molecule has 0 aliphatic carbocycles. The van der Waals surface area contributed by atoms with Gasteiger partial charge in [-0.05, 0) is 51.1 Å². The topological polar surface area (TPSA) is 45.2 Å². The van der Waals surface area contributed by atoms with Crippen LogP contribution in [-0.2, 0) is 6.54 Å². The fourth-order valence-electron chi connectivity index (χ4n) is 2.79. The van der Waals surface area contributed by atoms with Gasteiger partial charge in [0.25, 0.3) is 5.91 Å². The maximum absolute atomic E-state index is 12.5. The number of hydrogen-bond acceptors (Lipinski definition) is 4. The lowest BCUT2D eigenvalue weighted by molar-refractivity contribution is 0.103. The summed E-state index contributed by atoms with van der Waals surface area (Å²) in [6.45, 7) is 4.99. The molecule has 4 nitrogen and oxygen atoms in total. The van der Waals surface area contributed by atoms with Crippen molar-refractivity contribution in [2.45, 2.75) is 32.7 Å². The van der Waals surface area contributed by atoms with Gasteiger partial charge in [0.05, 0.1) is 12.2 Å². The molecule has 1 aromatic carbocycles. The number of amides is 1. The van der Waals surface area contributed by atoms with Gasteiger partial charge in [0.15, 0.2) is 0 Å². The monoisotopic (exact) mass is 349 g/mol. The van der Waals surface area contributed by atoms with Gasteiger partial charge >= 0.3 is 0 Å². The molecule has 3 rings (SSSR count). The molecule has 0 unspecified atom stereocenters. The Morgan fingerprint density at radius 1 is 1.35 bits per heavy atom. The number of thiazole rings is 1. The molecule has 2 aromatic rings. The Morgan fingerprint density at radius 2 is 2.13 bits per heavy atom. The molecule has 0 atom stereocenters. The average molecular weight is 350 g/mol. The van der Waals surface area contributed by atoms with Crippen LogP contribution in [-0.4, -0.2) is 28.9 Å². The SMILES string of the molecule is Cc1nc(CN2CCCCC2)sc1C(=O)Nc1cccc(Cl)c1. The molecule has 23 heavy (non-hydrogen) atoms. The second-order valence-electron chi connectivity index (χ2n) is 5.82. The molecule has 122 valence electrons. The quantitative estimate of drug-likeness (QED) is 0.892. The van der Waals surface area contributed by atoms with E-state index in [1.165, 1.54) is 30.6 Å². The zero-order chi connectivity index (χ0) is 16.2. The van der Waals surface area contributed by atoms with Crippen LogP contribution < -0.4 is 5.32 Å². The highest BCUT2D eigenvalue weighted by Crippen LogP contribution is 2.23. The van der Waals surface area contributed by atoms with E-state index in [-0.39, 0.29) is 5.91 Å². The highest BCUT2D eigenvalue weighted by atomic mass is 35.5. The van der Waals surface area contributed by atoms with Gasteiger partial charge in [-0.15, -0.1) is 11.3 Å². The van der Waals surface area contributed by atoms with Crippen LogP contribution in [0.2, 0.25) is 5.02 Å². The first-order valence-corrected chi connectivity index (χ1v) is 9.07. The van der Waals surface area contributed by atoms with E-state index < -0.39 is 0 Å². The number of rotatable bonds is 4. The number of benzene rings is 1. The van der Waals surface area contributed by atoms with E-state index in [9.17, 15) is 4.79 Å². The summed E-state index contributed by atoms with van der Waals surface area (Å²) in [6.07, 6.45) is 3.83. The van der Waals surface area contributed by atoms with Crippen LogP contribution in [0, 0.1) is 6.92 Å². The molecule has 0 spiro atoms. The summed E-state index contributed by atoms with van der Waals surface area (Å²) in [5, 5.41) is 4.51. The van der Waals surface area contributed by atoms with E-state index in [1.807, 2.05) is 19.1 Å². The fourth-order valence-corrected chi connectivity index (χ4v) is 3.99. The third-order valence-corrected chi connectivity index (χ3v) is 5.31. The van der Waals surface area contributed by atoms with Gasteiger partial charge in [0.1, 0.15) is 9.88 Å². The van der Waals surface area contributed by atoms with Crippen molar-refractivity contribution in [1.82, 2.24) is 9.88 Å². The summed E-state index contributed by atoms with van der Waals surface area (Å²) < 4.78 is 0. The summed E-state index contributed by atoms with van der Waals surface area (Å²) in [4.78, 5) is 20.1. The molecular formula is C17H20ClN3OS. The molecule has 6 heteroatoms. The van der Waals surface area contributed by atoms with Gasteiger partial charge in [-0.2, -0.15) is 0 Å². The number of piperidine rings is 1. The van der Waals surface area contributed by atoms with Crippen LogP contribution in [0.5, 0.6) is 0 Å². The van der Waals surface area contributed by atoms with Crippen LogP contribution in [0.3, 0.4) is 0 Å². The van der Waals surface area contributed by atoms with E-state index in [0.717, 1.165) is 30.3 Å². The summed E-state index contributed by atoms with van der Waals surface area (Å²) >= 11 is 7.44. The van der Waals surface area contributed by atoms with Crippen molar-refractivity contribution in [3.8, 4) is 0 Å². The highest BCUT2D eigenvalue weighted by molar-refractivity contribution is 7.13. The Labute approximate surface area is 145 Å². The number of hydrogen-bond donors (Lipinski definition) is 1. The van der Waals surface area contributed by atoms with E-state index >= 15 is 0 Å². The molecule has 1 N–H and O–H groups in total. The van der Waals surface area contributed by atoms with Gasteiger partial charge in [0.2, 0.25) is 0 Å². The molecule has 1 amide bonds. The molecule has 1 aliphatic heterocycles. The Bertz CT molecular complexity index is 695. The summed E-state index contributed by atoms with van der Waals surface area (Å²) in [7, 11) is 0. The van der Waals surface area contributed by atoms with E-state index in [0.29, 0.717) is 15.6 Å². The van der Waals surface area contributed by atoms with Crippen molar-refractivity contribution < 1.29 is 4.79 Å². The fraction of sp³-hybridized carbons (Fsp3) is 0.412. The van der Waals surface area contributed by atoms with Crippen LogP contribution in [0.1, 0.15) is 39.6 Å². The normalized spacial score (nSPS) is 15.6. The molecule has 1 aromatic heterocycles. The lowest BCUT2D eigenvalue weighted by atomic mass is 10.1. The molecule has 1 fully saturated rings. The largest absolute Gasteiger partial charge is 0.321 e. The number of aryl methyl sites for hydroxylation is 1. The van der Waals surface area contributed by atoms with Gasteiger partial charge in [-0.3, -0.25) is 9.69 Å². The third-order valence-electron chi connectivity index (χ3n) is 3.94. The number of carbonyl (C=O) groups is 1. The number of nitrogens with one attached hydrogen (secondary N) is 1. The number of carbonyl (C=O) groups excluding carboxylic acids is 1. The van der Waals surface area contributed by atoms with Crippen molar-refractivity contribution in [1.29, 1.82) is 0 Å². The molecule has 2 heterocycles. The first-order chi connectivity index (χ1) is 11.1. The molecule has 0 saturated carbocycles. The Hall–Kier alpha value is -1.43. The standard InChI is InChI=1S/C17H20ClN3OS/c1-12-16(17(22)20-14-7-5-6-13(18)10-14)23-15(19-12)11-21-8-3-2-4-9-21/h5-7,10H,2-4,8-9,11H2,1H3,(H,20,22). The maximum atomic E-state index is 12.5. The zero-order valence-electron chi connectivity index (χ0n) is 13.1. The second kappa shape index (κ2) is 7.43. The summed E-state index contributed by atoms with van der Waals surface area (Å²) in [5.41, 5.74) is 1.49. The zero-order valence-corrected chi connectivity index (χ0v) is 14.7. The molecular weight excluding hydrogens is 330 g/mol. The number of halogens is 1. The van der Waals surface area contributed by atoms with Crippen LogP contribution >= 0.6 is 22.9 Å². The average Bonchev–Trinajstić information content (AvgIpc) is 2.89. The van der Waals surface area contributed by atoms with Crippen molar-refractivity contribution in [2.75, 3.05) is 18.4 Å². The van der Waals surface area contributed by atoms with Crippen molar-refractivity contribution in [3.63, 3.8) is 0 Å². The number of likely N-dealkylation sites (tertiary alicyclic amines) is 1. The number of nitrogens with zero attached hydrogens (tertiary/aromatic N) is 2. The molecule has 0 radical (unpaired) electrons. The molecule has 0 bridgehead atoms. The lowest BCUT2D eigenvalue weighted by Gasteiger charge is -2.25. The number of aromatic nitrogens is 1. The van der Waals surface area contributed by atoms with E-state index in [2.05, 4.69) is 15.2 Å². The highest BCUT2D eigenvalue weighted by Gasteiger charge is 2.18. The first kappa shape index (κ1) is 16.4. The predicted molar refractivity (Wildman–Crippen MR) is 95.4 cm³/mol. The van der Waals surface area contributed by atoms with Crippen molar-refractivity contribution in [3.05, 3.63) is 44.9 Å². The van der Waals surface area contributed by atoms with Gasteiger partial charge < -0.3 is 5.32 Å². The number of anilines is 1. The van der Waals surface area contributed by atoms with Crippen LogP contribution in [0.15, 0.2) is 24.3 Å². The van der Waals surface area contributed by atoms with Gasteiger partial charge in [-0.1, -0.05) is 24.1 Å². The first-order valence-electron chi connectivity index (χ1n) is 7.87. The Morgan fingerprint density at radius 3 is 2.87 bits per heavy atom.